The van der Waals surface area contributed by atoms with E-state index in [1.807, 2.05) is 0 Å². The maximum atomic E-state index is 11.6. The summed E-state index contributed by atoms with van der Waals surface area (Å²) in [5, 5.41) is 13.2. The van der Waals surface area contributed by atoms with Gasteiger partial charge in [0, 0.05) is 13.2 Å². The van der Waals surface area contributed by atoms with Crippen molar-refractivity contribution in [2.45, 2.75) is 0 Å². The lowest BCUT2D eigenvalue weighted by molar-refractivity contribution is -0.384. The van der Waals surface area contributed by atoms with Crippen LogP contribution >= 0.6 is 0 Å². The van der Waals surface area contributed by atoms with E-state index in [1.165, 1.54) is 32.4 Å². The molecule has 1 aromatic rings. The summed E-state index contributed by atoms with van der Waals surface area (Å²) in [6.45, 7) is 0.568. The number of anilines is 1. The summed E-state index contributed by atoms with van der Waals surface area (Å²) in [5.74, 6) is -0.169. The van der Waals surface area contributed by atoms with Crippen LogP contribution in [0, 0.1) is 10.1 Å². The smallest absolute Gasteiger partial charge is 0.273 e. The Bertz CT molecular complexity index is 477. The van der Waals surface area contributed by atoms with Gasteiger partial charge in [0.2, 0.25) is 5.91 Å². The summed E-state index contributed by atoms with van der Waals surface area (Å²) in [7, 11) is 2.90. The maximum absolute atomic E-state index is 11.6. The molecular formula is C12H16N2O6. The third kappa shape index (κ3) is 4.82. The van der Waals surface area contributed by atoms with Gasteiger partial charge in [-0.25, -0.2) is 0 Å². The van der Waals surface area contributed by atoms with E-state index >= 15 is 0 Å². The molecule has 0 spiro atoms. The van der Waals surface area contributed by atoms with Crippen molar-refractivity contribution in [3.8, 4) is 5.75 Å². The topological polar surface area (TPSA) is 99.9 Å². The fourth-order valence-electron chi connectivity index (χ4n) is 1.39. The quantitative estimate of drug-likeness (QED) is 0.437. The molecule has 0 aliphatic carbocycles. The second kappa shape index (κ2) is 8.08. The van der Waals surface area contributed by atoms with Crippen LogP contribution in [-0.4, -0.2) is 44.9 Å². The van der Waals surface area contributed by atoms with Crippen LogP contribution in [0.1, 0.15) is 0 Å². The number of non-ortho nitro benzene ring substituents is 1. The monoisotopic (exact) mass is 284 g/mol. The number of carbonyl (C=O) groups is 1. The molecule has 0 saturated heterocycles. The number of nitro benzene ring substituents is 1. The van der Waals surface area contributed by atoms with Crippen LogP contribution in [0.25, 0.3) is 0 Å². The number of methoxy groups -OCH3 is 2. The van der Waals surface area contributed by atoms with E-state index in [-0.39, 0.29) is 24.0 Å². The third-order valence-corrected chi connectivity index (χ3v) is 2.33. The number of benzene rings is 1. The van der Waals surface area contributed by atoms with Gasteiger partial charge in [0.05, 0.1) is 37.0 Å². The first kappa shape index (κ1) is 15.9. The van der Waals surface area contributed by atoms with Crippen LogP contribution in [0.4, 0.5) is 11.4 Å². The normalized spacial score (nSPS) is 10.1. The van der Waals surface area contributed by atoms with E-state index in [4.69, 9.17) is 14.2 Å². The highest BCUT2D eigenvalue weighted by molar-refractivity contribution is 5.93. The lowest BCUT2D eigenvalue weighted by Gasteiger charge is -2.10. The molecule has 1 N–H and O–H groups in total. The summed E-state index contributed by atoms with van der Waals surface area (Å²) in [5.41, 5.74) is 0.231. The Morgan fingerprint density at radius 3 is 2.70 bits per heavy atom. The van der Waals surface area contributed by atoms with Crippen LogP contribution in [0.2, 0.25) is 0 Å². The number of hydrogen-bond acceptors (Lipinski definition) is 6. The van der Waals surface area contributed by atoms with Crippen LogP contribution < -0.4 is 10.1 Å². The third-order valence-electron chi connectivity index (χ3n) is 2.33. The van der Waals surface area contributed by atoms with E-state index < -0.39 is 4.92 Å². The number of nitrogens with zero attached hydrogens (tertiary/aromatic N) is 1. The van der Waals surface area contributed by atoms with Gasteiger partial charge in [0.1, 0.15) is 12.4 Å². The van der Waals surface area contributed by atoms with Gasteiger partial charge in [-0.05, 0) is 6.07 Å². The van der Waals surface area contributed by atoms with Gasteiger partial charge >= 0.3 is 0 Å². The molecule has 0 aliphatic heterocycles. The van der Waals surface area contributed by atoms with Gasteiger partial charge in [-0.2, -0.15) is 0 Å². The Morgan fingerprint density at radius 1 is 1.35 bits per heavy atom. The number of ether oxygens (including phenoxy) is 3. The molecule has 0 heterocycles. The summed E-state index contributed by atoms with van der Waals surface area (Å²) >= 11 is 0. The summed E-state index contributed by atoms with van der Waals surface area (Å²) in [4.78, 5) is 21.7. The molecule has 0 radical (unpaired) electrons. The second-order valence-corrected chi connectivity index (χ2v) is 3.74. The first-order chi connectivity index (χ1) is 9.58. The summed E-state index contributed by atoms with van der Waals surface area (Å²) < 4.78 is 14.8. The lowest BCUT2D eigenvalue weighted by Crippen LogP contribution is -2.20. The summed E-state index contributed by atoms with van der Waals surface area (Å²) in [6, 6.07) is 3.93. The van der Waals surface area contributed by atoms with Crippen molar-refractivity contribution in [1.29, 1.82) is 0 Å². The molecule has 1 aromatic carbocycles. The van der Waals surface area contributed by atoms with E-state index in [0.29, 0.717) is 18.9 Å². The fraction of sp³-hybridized carbons (Fsp3) is 0.417. The number of hydrogen-bond donors (Lipinski definition) is 1. The van der Waals surface area contributed by atoms with Gasteiger partial charge in [-0.3, -0.25) is 14.9 Å². The molecule has 8 nitrogen and oxygen atoms in total. The van der Waals surface area contributed by atoms with Crippen molar-refractivity contribution in [2.75, 3.05) is 39.4 Å². The van der Waals surface area contributed by atoms with Crippen molar-refractivity contribution in [3.63, 3.8) is 0 Å². The predicted molar refractivity (Wildman–Crippen MR) is 71.0 cm³/mol. The standard InChI is InChI=1S/C12H16N2O6/c1-18-5-6-20-8-12(15)13-10-4-3-9(14(16)17)7-11(10)19-2/h3-4,7H,5-6,8H2,1-2H3,(H,13,15). The zero-order valence-electron chi connectivity index (χ0n) is 11.3. The minimum Gasteiger partial charge on any atom is -0.494 e. The molecular weight excluding hydrogens is 268 g/mol. The van der Waals surface area contributed by atoms with Gasteiger partial charge in [-0.1, -0.05) is 0 Å². The SMILES string of the molecule is COCCOCC(=O)Nc1ccc([N+](=O)[O-])cc1OC. The molecule has 20 heavy (non-hydrogen) atoms. The number of carbonyl (C=O) groups excluding carboxylic acids is 1. The molecule has 0 atom stereocenters. The molecule has 1 amide bonds. The Morgan fingerprint density at radius 2 is 2.10 bits per heavy atom. The minimum absolute atomic E-state index is 0.115. The Balaban J connectivity index is 2.62. The Kier molecular flexibility index (Phi) is 6.41. The first-order valence-electron chi connectivity index (χ1n) is 5.77. The Hall–Kier alpha value is -2.19. The molecule has 1 rings (SSSR count). The van der Waals surface area contributed by atoms with Gasteiger partial charge in [0.15, 0.2) is 0 Å². The molecule has 110 valence electrons. The number of amides is 1. The zero-order valence-corrected chi connectivity index (χ0v) is 11.3. The van der Waals surface area contributed by atoms with Gasteiger partial charge in [0.25, 0.3) is 5.69 Å². The van der Waals surface area contributed by atoms with Crippen molar-refractivity contribution in [3.05, 3.63) is 28.3 Å². The van der Waals surface area contributed by atoms with E-state index in [2.05, 4.69) is 5.32 Å². The van der Waals surface area contributed by atoms with Crippen LogP contribution in [-0.2, 0) is 14.3 Å². The molecule has 0 bridgehead atoms. The average molecular weight is 284 g/mol. The number of rotatable bonds is 8. The number of nitro groups is 1. The largest absolute Gasteiger partial charge is 0.494 e. The highest BCUT2D eigenvalue weighted by Crippen LogP contribution is 2.28. The highest BCUT2D eigenvalue weighted by Gasteiger charge is 2.13. The molecule has 8 heteroatoms. The molecule has 0 aliphatic rings. The Labute approximate surface area is 115 Å². The number of nitrogens with one attached hydrogen (secondary N) is 1. The summed E-state index contributed by atoms with van der Waals surface area (Å²) in [6.07, 6.45) is 0. The molecule has 0 fully saturated rings. The molecule has 0 saturated carbocycles. The first-order valence-corrected chi connectivity index (χ1v) is 5.77. The van der Waals surface area contributed by atoms with Crippen LogP contribution in [0.5, 0.6) is 5.75 Å². The lowest BCUT2D eigenvalue weighted by atomic mass is 10.2. The van der Waals surface area contributed by atoms with Crippen LogP contribution in [0.15, 0.2) is 18.2 Å². The van der Waals surface area contributed by atoms with E-state index in [0.717, 1.165) is 0 Å². The second-order valence-electron chi connectivity index (χ2n) is 3.74. The maximum Gasteiger partial charge on any atom is 0.273 e. The van der Waals surface area contributed by atoms with Crippen molar-refractivity contribution in [1.82, 2.24) is 0 Å². The average Bonchev–Trinajstić information content (AvgIpc) is 2.43. The van der Waals surface area contributed by atoms with Gasteiger partial charge in [-0.15, -0.1) is 0 Å². The molecule has 0 unspecified atom stereocenters. The van der Waals surface area contributed by atoms with Crippen LogP contribution in [0.3, 0.4) is 0 Å². The van der Waals surface area contributed by atoms with E-state index in [9.17, 15) is 14.9 Å². The highest BCUT2D eigenvalue weighted by atomic mass is 16.6. The van der Waals surface area contributed by atoms with Crippen molar-refractivity contribution in [2.24, 2.45) is 0 Å². The zero-order chi connectivity index (χ0) is 15.0. The fourth-order valence-corrected chi connectivity index (χ4v) is 1.39. The molecule has 0 aromatic heterocycles. The van der Waals surface area contributed by atoms with Crippen molar-refractivity contribution >= 4 is 17.3 Å². The van der Waals surface area contributed by atoms with Gasteiger partial charge < -0.3 is 19.5 Å². The predicted octanol–water partition coefficient (Wildman–Crippen LogP) is 1.20. The van der Waals surface area contributed by atoms with Crippen molar-refractivity contribution < 1.29 is 23.9 Å². The van der Waals surface area contributed by atoms with E-state index in [1.54, 1.807) is 0 Å². The minimum atomic E-state index is -0.540.